The van der Waals surface area contributed by atoms with Crippen LogP contribution in [0.15, 0.2) is 41.1 Å². The number of aromatic nitrogens is 2. The van der Waals surface area contributed by atoms with E-state index < -0.39 is 0 Å². The van der Waals surface area contributed by atoms with Gasteiger partial charge in [0.2, 0.25) is 5.76 Å². The Bertz CT molecular complexity index is 790. The van der Waals surface area contributed by atoms with Crippen LogP contribution < -0.4 is 5.32 Å². The van der Waals surface area contributed by atoms with Gasteiger partial charge < -0.3 is 4.52 Å². The highest BCUT2D eigenvalue weighted by Crippen LogP contribution is 2.22. The summed E-state index contributed by atoms with van der Waals surface area (Å²) < 4.78 is 4.93. The third kappa shape index (κ3) is 3.40. The van der Waals surface area contributed by atoms with Crippen LogP contribution in [0, 0.1) is 13.8 Å². The molecule has 0 saturated carbocycles. The second kappa shape index (κ2) is 6.11. The van der Waals surface area contributed by atoms with Crippen LogP contribution >= 0.6 is 11.3 Å². The van der Waals surface area contributed by atoms with Gasteiger partial charge in [0.05, 0.1) is 5.69 Å². The smallest absolute Gasteiger partial charge is 0.296 e. The zero-order valence-electron chi connectivity index (χ0n) is 12.3. The molecule has 22 heavy (non-hydrogen) atoms. The van der Waals surface area contributed by atoms with Crippen molar-refractivity contribution in [1.82, 2.24) is 10.1 Å². The Balaban J connectivity index is 1.66. The van der Waals surface area contributed by atoms with Crippen molar-refractivity contribution in [2.45, 2.75) is 20.3 Å². The molecule has 1 N–H and O–H groups in total. The van der Waals surface area contributed by atoms with Crippen molar-refractivity contribution in [3.05, 3.63) is 64.0 Å². The Morgan fingerprint density at radius 1 is 1.27 bits per heavy atom. The van der Waals surface area contributed by atoms with Crippen LogP contribution in [0.3, 0.4) is 0 Å². The lowest BCUT2D eigenvalue weighted by Crippen LogP contribution is -2.10. The third-order valence-electron chi connectivity index (χ3n) is 3.12. The monoisotopic (exact) mass is 313 g/mol. The quantitative estimate of drug-likeness (QED) is 0.799. The Morgan fingerprint density at radius 3 is 2.73 bits per heavy atom. The number of amides is 1. The molecule has 6 heteroatoms. The van der Waals surface area contributed by atoms with Crippen LogP contribution in [0.4, 0.5) is 5.13 Å². The first-order chi connectivity index (χ1) is 10.6. The predicted octanol–water partition coefficient (Wildman–Crippen LogP) is 3.59. The van der Waals surface area contributed by atoms with Crippen LogP contribution in [0.1, 0.15) is 32.3 Å². The molecule has 2 heterocycles. The van der Waals surface area contributed by atoms with E-state index in [-0.39, 0.29) is 11.7 Å². The summed E-state index contributed by atoms with van der Waals surface area (Å²) in [7, 11) is 0. The maximum atomic E-state index is 12.0. The lowest BCUT2D eigenvalue weighted by Gasteiger charge is -1.99. The van der Waals surface area contributed by atoms with Gasteiger partial charge in [-0.15, -0.1) is 11.3 Å². The van der Waals surface area contributed by atoms with E-state index >= 15 is 0 Å². The molecule has 0 aliphatic carbocycles. The molecule has 0 fully saturated rings. The molecule has 3 aromatic rings. The topological polar surface area (TPSA) is 68.0 Å². The maximum absolute atomic E-state index is 12.0. The van der Waals surface area contributed by atoms with Gasteiger partial charge in [0, 0.05) is 23.6 Å². The molecule has 0 atom stereocenters. The van der Waals surface area contributed by atoms with E-state index in [0.717, 1.165) is 11.3 Å². The van der Waals surface area contributed by atoms with Crippen molar-refractivity contribution in [3.63, 3.8) is 0 Å². The molecule has 3 rings (SSSR count). The summed E-state index contributed by atoms with van der Waals surface area (Å²) in [6.07, 6.45) is 2.58. The van der Waals surface area contributed by atoms with Crippen molar-refractivity contribution in [2.24, 2.45) is 0 Å². The molecule has 0 spiro atoms. The van der Waals surface area contributed by atoms with E-state index in [9.17, 15) is 4.79 Å². The highest BCUT2D eigenvalue weighted by molar-refractivity contribution is 7.15. The molecule has 0 radical (unpaired) electrons. The minimum absolute atomic E-state index is 0.188. The number of hydrogen-bond donors (Lipinski definition) is 1. The molecule has 0 aliphatic heterocycles. The number of nitrogens with zero attached hydrogens (tertiary/aromatic N) is 2. The van der Waals surface area contributed by atoms with Crippen LogP contribution in [-0.2, 0) is 6.42 Å². The summed E-state index contributed by atoms with van der Waals surface area (Å²) in [5, 5.41) is 6.97. The lowest BCUT2D eigenvalue weighted by molar-refractivity contribution is 0.0988. The fraction of sp³-hybridized carbons (Fsp3) is 0.188. The van der Waals surface area contributed by atoms with Gasteiger partial charge >= 0.3 is 0 Å². The van der Waals surface area contributed by atoms with Crippen LogP contribution in [-0.4, -0.2) is 16.0 Å². The predicted molar refractivity (Wildman–Crippen MR) is 85.3 cm³/mol. The van der Waals surface area contributed by atoms with Crippen LogP contribution in [0.2, 0.25) is 0 Å². The van der Waals surface area contributed by atoms with Gasteiger partial charge in [0.15, 0.2) is 5.13 Å². The van der Waals surface area contributed by atoms with Crippen molar-refractivity contribution in [2.75, 3.05) is 5.32 Å². The number of thiazole rings is 1. The van der Waals surface area contributed by atoms with Crippen molar-refractivity contribution in [3.8, 4) is 0 Å². The first kappa shape index (κ1) is 14.5. The second-order valence-corrected chi connectivity index (χ2v) is 6.20. The first-order valence-electron chi connectivity index (χ1n) is 6.85. The normalized spacial score (nSPS) is 10.6. The number of hydrogen-bond acceptors (Lipinski definition) is 5. The average Bonchev–Trinajstić information content (AvgIpc) is 3.11. The van der Waals surface area contributed by atoms with Crippen LogP contribution in [0.5, 0.6) is 0 Å². The molecule has 5 nitrogen and oxygen atoms in total. The average molecular weight is 313 g/mol. The minimum atomic E-state index is -0.336. The summed E-state index contributed by atoms with van der Waals surface area (Å²) in [5.41, 5.74) is 3.13. The minimum Gasteiger partial charge on any atom is -0.351 e. The van der Waals surface area contributed by atoms with Gasteiger partial charge in [-0.25, -0.2) is 4.98 Å². The number of carbonyl (C=O) groups is 1. The Hall–Kier alpha value is -2.47. The molecular weight excluding hydrogens is 298 g/mol. The molecule has 0 aliphatic rings. The van der Waals surface area contributed by atoms with Gasteiger partial charge in [-0.05, 0) is 19.4 Å². The second-order valence-electron chi connectivity index (χ2n) is 5.08. The fourth-order valence-electron chi connectivity index (χ4n) is 1.98. The van der Waals surface area contributed by atoms with Crippen LogP contribution in [0.25, 0.3) is 0 Å². The van der Waals surface area contributed by atoms with E-state index in [1.807, 2.05) is 0 Å². The maximum Gasteiger partial charge on any atom is 0.296 e. The van der Waals surface area contributed by atoms with Gasteiger partial charge in [-0.2, -0.15) is 0 Å². The molecule has 2 aromatic heterocycles. The first-order valence-corrected chi connectivity index (χ1v) is 7.67. The van der Waals surface area contributed by atoms with E-state index in [1.54, 1.807) is 19.2 Å². The van der Waals surface area contributed by atoms with Crippen molar-refractivity contribution < 1.29 is 9.32 Å². The Kier molecular flexibility index (Phi) is 4.02. The Labute approximate surface area is 132 Å². The molecule has 112 valence electrons. The highest BCUT2D eigenvalue weighted by Gasteiger charge is 2.13. The summed E-state index contributed by atoms with van der Waals surface area (Å²) >= 11 is 1.46. The number of anilines is 1. The summed E-state index contributed by atoms with van der Waals surface area (Å²) in [6.45, 7) is 3.83. The number of carbonyl (C=O) groups excluding carboxylic acids is 1. The highest BCUT2D eigenvalue weighted by atomic mass is 32.1. The van der Waals surface area contributed by atoms with Crippen molar-refractivity contribution >= 4 is 22.4 Å². The third-order valence-corrected chi connectivity index (χ3v) is 4.04. The SMILES string of the molecule is Cc1ccc(Cc2cnc(NC(=O)c3cc(C)no3)s2)cc1. The molecule has 1 amide bonds. The van der Waals surface area contributed by atoms with E-state index in [1.165, 1.54) is 22.5 Å². The zero-order valence-corrected chi connectivity index (χ0v) is 13.1. The van der Waals surface area contributed by atoms with Gasteiger partial charge in [0.25, 0.3) is 5.91 Å². The lowest BCUT2D eigenvalue weighted by atomic mass is 10.1. The van der Waals surface area contributed by atoms with Crippen molar-refractivity contribution in [1.29, 1.82) is 0 Å². The molecular formula is C16H15N3O2S. The van der Waals surface area contributed by atoms with Gasteiger partial charge in [0.1, 0.15) is 0 Å². The molecule has 0 unspecified atom stereocenters. The largest absolute Gasteiger partial charge is 0.351 e. The van der Waals surface area contributed by atoms with Gasteiger partial charge in [-0.1, -0.05) is 35.0 Å². The number of rotatable bonds is 4. The fourth-order valence-corrected chi connectivity index (χ4v) is 2.83. The summed E-state index contributed by atoms with van der Waals surface area (Å²) in [5.74, 6) is -0.148. The molecule has 0 saturated heterocycles. The molecule has 1 aromatic carbocycles. The Morgan fingerprint density at radius 2 is 2.05 bits per heavy atom. The number of aryl methyl sites for hydroxylation is 2. The van der Waals surface area contributed by atoms with E-state index in [0.29, 0.717) is 10.8 Å². The van der Waals surface area contributed by atoms with E-state index in [4.69, 9.17) is 4.52 Å². The number of nitrogens with one attached hydrogen (secondary N) is 1. The summed E-state index contributed by atoms with van der Waals surface area (Å²) in [4.78, 5) is 17.3. The molecule has 0 bridgehead atoms. The van der Waals surface area contributed by atoms with E-state index in [2.05, 4.69) is 46.6 Å². The summed E-state index contributed by atoms with van der Waals surface area (Å²) in [6, 6.07) is 9.97. The standard InChI is InChI=1S/C16H15N3O2S/c1-10-3-5-12(6-4-10)8-13-9-17-16(22-13)18-15(20)14-7-11(2)19-21-14/h3-7,9H,8H2,1-2H3,(H,17,18,20). The zero-order chi connectivity index (χ0) is 15.5. The van der Waals surface area contributed by atoms with Gasteiger partial charge in [-0.3, -0.25) is 10.1 Å². The number of benzene rings is 1.